The van der Waals surface area contributed by atoms with Gasteiger partial charge in [-0.2, -0.15) is 4.31 Å². The summed E-state index contributed by atoms with van der Waals surface area (Å²) in [5.41, 5.74) is 1.00. The highest BCUT2D eigenvalue weighted by Gasteiger charge is 2.27. The zero-order valence-electron chi connectivity index (χ0n) is 11.8. The molecule has 6 nitrogen and oxygen atoms in total. The van der Waals surface area contributed by atoms with Gasteiger partial charge in [-0.3, -0.25) is 4.79 Å². The molecule has 1 N–H and O–H groups in total. The minimum atomic E-state index is -3.56. The molecule has 0 radical (unpaired) electrons. The summed E-state index contributed by atoms with van der Waals surface area (Å²) >= 11 is 0. The van der Waals surface area contributed by atoms with E-state index in [1.165, 1.54) is 10.4 Å². The SMILES string of the molecule is CCN(CC)S(=O)(=O)c1cc2c(cc1C)OCC(=O)N2. The van der Waals surface area contributed by atoms with E-state index in [-0.39, 0.29) is 17.4 Å². The Morgan fingerprint density at radius 2 is 1.95 bits per heavy atom. The van der Waals surface area contributed by atoms with Crippen molar-refractivity contribution in [1.29, 1.82) is 0 Å². The number of carbonyl (C=O) groups is 1. The van der Waals surface area contributed by atoms with Gasteiger partial charge in [0.15, 0.2) is 6.61 Å². The lowest BCUT2D eigenvalue weighted by Gasteiger charge is -2.23. The van der Waals surface area contributed by atoms with Gasteiger partial charge in [-0.25, -0.2) is 8.42 Å². The number of anilines is 1. The molecule has 1 aromatic rings. The summed E-state index contributed by atoms with van der Waals surface area (Å²) in [6.07, 6.45) is 0. The third kappa shape index (κ3) is 2.51. The first-order chi connectivity index (χ1) is 9.40. The monoisotopic (exact) mass is 298 g/mol. The number of carbonyl (C=O) groups excluding carboxylic acids is 1. The van der Waals surface area contributed by atoms with Crippen molar-refractivity contribution >= 4 is 21.6 Å². The number of benzene rings is 1. The first kappa shape index (κ1) is 14.8. The second kappa shape index (κ2) is 5.41. The van der Waals surface area contributed by atoms with Crippen LogP contribution in [0.1, 0.15) is 19.4 Å². The molecule has 7 heteroatoms. The third-order valence-corrected chi connectivity index (χ3v) is 5.43. The summed E-state index contributed by atoms with van der Waals surface area (Å²) in [5.74, 6) is 0.216. The standard InChI is InChI=1S/C13H18N2O4S/c1-4-15(5-2)20(17,18)12-7-10-11(6-9(12)3)19-8-13(16)14-10/h6-7H,4-5,8H2,1-3H3,(H,14,16). The first-order valence-corrected chi connectivity index (χ1v) is 7.91. The Balaban J connectivity index is 2.53. The Kier molecular flexibility index (Phi) is 4.01. The number of ether oxygens (including phenoxy) is 1. The Morgan fingerprint density at radius 1 is 1.30 bits per heavy atom. The molecule has 2 rings (SSSR count). The lowest BCUT2D eigenvalue weighted by atomic mass is 10.2. The molecule has 110 valence electrons. The number of amides is 1. The van der Waals surface area contributed by atoms with Gasteiger partial charge in [0.05, 0.1) is 10.6 Å². The molecule has 0 spiro atoms. The smallest absolute Gasteiger partial charge is 0.262 e. The van der Waals surface area contributed by atoms with Gasteiger partial charge in [0.25, 0.3) is 5.91 Å². The van der Waals surface area contributed by atoms with Crippen molar-refractivity contribution in [2.75, 3.05) is 25.0 Å². The van der Waals surface area contributed by atoms with E-state index in [0.717, 1.165) is 0 Å². The zero-order chi connectivity index (χ0) is 14.9. The maximum atomic E-state index is 12.6. The van der Waals surface area contributed by atoms with E-state index in [1.54, 1.807) is 26.8 Å². The van der Waals surface area contributed by atoms with Crippen LogP contribution in [0.3, 0.4) is 0 Å². The molecule has 1 amide bonds. The van der Waals surface area contributed by atoms with E-state index in [4.69, 9.17) is 4.74 Å². The van der Waals surface area contributed by atoms with E-state index < -0.39 is 10.0 Å². The van der Waals surface area contributed by atoms with E-state index in [0.29, 0.717) is 30.1 Å². The van der Waals surface area contributed by atoms with Crippen molar-refractivity contribution in [3.8, 4) is 5.75 Å². The molecule has 0 atom stereocenters. The van der Waals surface area contributed by atoms with Crippen molar-refractivity contribution in [1.82, 2.24) is 4.31 Å². The van der Waals surface area contributed by atoms with E-state index in [2.05, 4.69) is 5.32 Å². The molecule has 1 aromatic carbocycles. The fourth-order valence-corrected chi connectivity index (χ4v) is 3.88. The predicted molar refractivity (Wildman–Crippen MR) is 75.4 cm³/mol. The molecule has 0 aromatic heterocycles. The van der Waals surface area contributed by atoms with Crippen LogP contribution in [0.2, 0.25) is 0 Å². The van der Waals surface area contributed by atoms with E-state index in [9.17, 15) is 13.2 Å². The number of nitrogens with zero attached hydrogens (tertiary/aromatic N) is 1. The molecular formula is C13H18N2O4S. The fraction of sp³-hybridized carbons (Fsp3) is 0.462. The molecule has 1 heterocycles. The van der Waals surface area contributed by atoms with Crippen molar-refractivity contribution < 1.29 is 17.9 Å². The lowest BCUT2D eigenvalue weighted by molar-refractivity contribution is -0.118. The molecule has 0 unspecified atom stereocenters. The van der Waals surface area contributed by atoms with Gasteiger partial charge < -0.3 is 10.1 Å². The number of hydrogen-bond acceptors (Lipinski definition) is 4. The van der Waals surface area contributed by atoms with Crippen LogP contribution in [-0.2, 0) is 14.8 Å². The normalized spacial score (nSPS) is 14.7. The van der Waals surface area contributed by atoms with Crippen molar-refractivity contribution in [3.05, 3.63) is 17.7 Å². The van der Waals surface area contributed by atoms with Gasteiger partial charge in [0.2, 0.25) is 10.0 Å². The van der Waals surface area contributed by atoms with Gasteiger partial charge in [-0.1, -0.05) is 13.8 Å². The van der Waals surface area contributed by atoms with Crippen LogP contribution in [0.4, 0.5) is 5.69 Å². The van der Waals surface area contributed by atoms with Crippen LogP contribution >= 0.6 is 0 Å². The summed E-state index contributed by atoms with van der Waals surface area (Å²) in [5, 5.41) is 2.63. The molecule has 1 aliphatic rings. The maximum absolute atomic E-state index is 12.6. The summed E-state index contributed by atoms with van der Waals surface area (Å²) in [6, 6.07) is 3.11. The van der Waals surface area contributed by atoms with Gasteiger partial charge in [-0.05, 0) is 24.6 Å². The molecule has 20 heavy (non-hydrogen) atoms. The van der Waals surface area contributed by atoms with Crippen molar-refractivity contribution in [2.24, 2.45) is 0 Å². The Labute approximate surface area is 118 Å². The number of aryl methyl sites for hydroxylation is 1. The van der Waals surface area contributed by atoms with Gasteiger partial charge in [-0.15, -0.1) is 0 Å². The molecule has 0 aliphatic carbocycles. The average molecular weight is 298 g/mol. The largest absolute Gasteiger partial charge is 0.482 e. The van der Waals surface area contributed by atoms with Crippen molar-refractivity contribution in [2.45, 2.75) is 25.7 Å². The van der Waals surface area contributed by atoms with Gasteiger partial charge in [0.1, 0.15) is 5.75 Å². The molecule has 0 saturated carbocycles. The topological polar surface area (TPSA) is 75.7 Å². The number of hydrogen-bond donors (Lipinski definition) is 1. The fourth-order valence-electron chi connectivity index (χ4n) is 2.19. The number of fused-ring (bicyclic) bond motifs is 1. The van der Waals surface area contributed by atoms with Crippen LogP contribution in [0.15, 0.2) is 17.0 Å². The average Bonchev–Trinajstić information content (AvgIpc) is 2.39. The van der Waals surface area contributed by atoms with Crippen LogP contribution in [0, 0.1) is 6.92 Å². The summed E-state index contributed by atoms with van der Waals surface area (Å²) in [4.78, 5) is 11.5. The Bertz CT molecular complexity index is 636. The minimum absolute atomic E-state index is 0.0470. The molecular weight excluding hydrogens is 280 g/mol. The number of sulfonamides is 1. The van der Waals surface area contributed by atoms with Crippen molar-refractivity contribution in [3.63, 3.8) is 0 Å². The molecule has 0 bridgehead atoms. The maximum Gasteiger partial charge on any atom is 0.262 e. The second-order valence-corrected chi connectivity index (χ2v) is 6.45. The highest BCUT2D eigenvalue weighted by Crippen LogP contribution is 2.33. The quantitative estimate of drug-likeness (QED) is 0.910. The predicted octanol–water partition coefficient (Wildman–Crippen LogP) is 1.36. The summed E-state index contributed by atoms with van der Waals surface area (Å²) in [6.45, 7) is 6.06. The second-order valence-electron chi connectivity index (χ2n) is 4.54. The molecule has 0 fully saturated rings. The Morgan fingerprint density at radius 3 is 2.55 bits per heavy atom. The zero-order valence-corrected chi connectivity index (χ0v) is 12.6. The van der Waals surface area contributed by atoms with E-state index in [1.807, 2.05) is 0 Å². The highest BCUT2D eigenvalue weighted by atomic mass is 32.2. The third-order valence-electron chi connectivity index (χ3n) is 3.23. The summed E-state index contributed by atoms with van der Waals surface area (Å²) in [7, 11) is -3.56. The van der Waals surface area contributed by atoms with Crippen LogP contribution < -0.4 is 10.1 Å². The minimum Gasteiger partial charge on any atom is -0.482 e. The summed E-state index contributed by atoms with van der Waals surface area (Å²) < 4.78 is 31.8. The number of nitrogens with one attached hydrogen (secondary N) is 1. The molecule has 0 saturated heterocycles. The van der Waals surface area contributed by atoms with Crippen LogP contribution in [0.5, 0.6) is 5.75 Å². The Hall–Kier alpha value is -1.60. The molecule has 1 aliphatic heterocycles. The first-order valence-electron chi connectivity index (χ1n) is 6.47. The van der Waals surface area contributed by atoms with Crippen LogP contribution in [-0.4, -0.2) is 38.3 Å². The van der Waals surface area contributed by atoms with Gasteiger partial charge >= 0.3 is 0 Å². The van der Waals surface area contributed by atoms with Crippen LogP contribution in [0.25, 0.3) is 0 Å². The van der Waals surface area contributed by atoms with Gasteiger partial charge in [0, 0.05) is 13.1 Å². The van der Waals surface area contributed by atoms with E-state index >= 15 is 0 Å². The highest BCUT2D eigenvalue weighted by molar-refractivity contribution is 7.89. The number of rotatable bonds is 4. The lowest BCUT2D eigenvalue weighted by Crippen LogP contribution is -2.31.